The molecule has 2 rings (SSSR count). The second-order valence-electron chi connectivity index (χ2n) is 4.18. The van der Waals surface area contributed by atoms with Gasteiger partial charge in [-0.05, 0) is 35.9 Å². The maximum atomic E-state index is 11.7. The van der Waals surface area contributed by atoms with E-state index in [-0.39, 0.29) is 11.6 Å². The maximum absolute atomic E-state index is 11.7. The lowest BCUT2D eigenvalue weighted by Crippen LogP contribution is -2.07. The number of nitro groups is 1. The molecule has 21 heavy (non-hydrogen) atoms. The van der Waals surface area contributed by atoms with Crippen molar-refractivity contribution in [1.82, 2.24) is 0 Å². The van der Waals surface area contributed by atoms with Crippen LogP contribution in [0.25, 0.3) is 6.08 Å². The second kappa shape index (κ2) is 6.81. The largest absolute Gasteiger partial charge is 0.323 e. The van der Waals surface area contributed by atoms with Crippen LogP contribution in [0.3, 0.4) is 0 Å². The molecule has 0 radical (unpaired) electrons. The number of benzene rings is 2. The van der Waals surface area contributed by atoms with Gasteiger partial charge in [0.2, 0.25) is 5.91 Å². The van der Waals surface area contributed by atoms with Crippen molar-refractivity contribution in [2.24, 2.45) is 0 Å². The number of non-ortho nitro benzene ring substituents is 1. The summed E-state index contributed by atoms with van der Waals surface area (Å²) in [6, 6.07) is 13.2. The molecule has 1 N–H and O–H groups in total. The van der Waals surface area contributed by atoms with Gasteiger partial charge in [0.25, 0.3) is 5.69 Å². The average molecular weight is 347 g/mol. The fourth-order valence-corrected chi connectivity index (χ4v) is 1.86. The zero-order valence-corrected chi connectivity index (χ0v) is 12.4. The first-order chi connectivity index (χ1) is 10.0. The van der Waals surface area contributed by atoms with Gasteiger partial charge >= 0.3 is 0 Å². The van der Waals surface area contributed by atoms with Crippen molar-refractivity contribution >= 4 is 39.3 Å². The van der Waals surface area contributed by atoms with Crippen LogP contribution in [0.15, 0.2) is 59.1 Å². The molecule has 0 bridgehead atoms. The fourth-order valence-electron chi connectivity index (χ4n) is 1.60. The van der Waals surface area contributed by atoms with Gasteiger partial charge in [0.1, 0.15) is 0 Å². The SMILES string of the molecule is O=C(C=Cc1ccc(Br)cc1)Nc1ccc([N+](=O)[O-])cc1. The summed E-state index contributed by atoms with van der Waals surface area (Å²) >= 11 is 3.33. The molecule has 0 saturated heterocycles. The number of rotatable bonds is 4. The van der Waals surface area contributed by atoms with E-state index in [9.17, 15) is 14.9 Å². The molecule has 0 aliphatic carbocycles. The fraction of sp³-hybridized carbons (Fsp3) is 0. The lowest BCUT2D eigenvalue weighted by molar-refractivity contribution is -0.384. The Kier molecular flexibility index (Phi) is 4.84. The first-order valence-corrected chi connectivity index (χ1v) is 6.83. The van der Waals surface area contributed by atoms with E-state index in [2.05, 4.69) is 21.2 Å². The number of anilines is 1. The molecule has 2 aromatic rings. The number of hydrogen-bond donors (Lipinski definition) is 1. The van der Waals surface area contributed by atoms with Crippen LogP contribution in [0.1, 0.15) is 5.56 Å². The molecular formula is C15H11BrN2O3. The van der Waals surface area contributed by atoms with E-state index in [1.807, 2.05) is 24.3 Å². The Morgan fingerprint density at radius 1 is 1.10 bits per heavy atom. The third kappa shape index (κ3) is 4.54. The van der Waals surface area contributed by atoms with Crippen molar-refractivity contribution in [1.29, 1.82) is 0 Å². The van der Waals surface area contributed by atoms with Crippen molar-refractivity contribution in [3.63, 3.8) is 0 Å². The normalized spacial score (nSPS) is 10.5. The number of amides is 1. The first kappa shape index (κ1) is 14.9. The maximum Gasteiger partial charge on any atom is 0.269 e. The molecule has 5 nitrogen and oxygen atoms in total. The minimum atomic E-state index is -0.487. The molecule has 2 aromatic carbocycles. The number of nitrogens with one attached hydrogen (secondary N) is 1. The molecule has 0 fully saturated rings. The van der Waals surface area contributed by atoms with Crippen LogP contribution in [-0.2, 0) is 4.79 Å². The van der Waals surface area contributed by atoms with E-state index < -0.39 is 4.92 Å². The lowest BCUT2D eigenvalue weighted by atomic mass is 10.2. The lowest BCUT2D eigenvalue weighted by Gasteiger charge is -2.01. The van der Waals surface area contributed by atoms with E-state index in [0.717, 1.165) is 10.0 Å². The Balaban J connectivity index is 1.98. The summed E-state index contributed by atoms with van der Waals surface area (Å²) in [6.07, 6.45) is 3.10. The highest BCUT2D eigenvalue weighted by Gasteiger charge is 2.04. The molecule has 1 amide bonds. The van der Waals surface area contributed by atoms with Crippen LogP contribution in [-0.4, -0.2) is 10.8 Å². The van der Waals surface area contributed by atoms with Crippen molar-refractivity contribution in [2.45, 2.75) is 0 Å². The number of hydrogen-bond acceptors (Lipinski definition) is 3. The number of carbonyl (C=O) groups is 1. The Morgan fingerprint density at radius 3 is 2.29 bits per heavy atom. The van der Waals surface area contributed by atoms with Crippen molar-refractivity contribution < 1.29 is 9.72 Å². The summed E-state index contributed by atoms with van der Waals surface area (Å²) in [4.78, 5) is 21.8. The monoisotopic (exact) mass is 346 g/mol. The van der Waals surface area contributed by atoms with Gasteiger partial charge in [-0.1, -0.05) is 28.1 Å². The Hall–Kier alpha value is -2.47. The van der Waals surface area contributed by atoms with E-state index in [0.29, 0.717) is 5.69 Å². The minimum Gasteiger partial charge on any atom is -0.323 e. The Morgan fingerprint density at radius 2 is 1.71 bits per heavy atom. The van der Waals surface area contributed by atoms with Crippen molar-refractivity contribution in [3.05, 3.63) is 74.8 Å². The Bertz CT molecular complexity index is 679. The average Bonchev–Trinajstić information content (AvgIpc) is 2.47. The zero-order chi connectivity index (χ0) is 15.2. The molecular weight excluding hydrogens is 336 g/mol. The molecule has 0 aliphatic rings. The van der Waals surface area contributed by atoms with Crippen LogP contribution in [0.2, 0.25) is 0 Å². The van der Waals surface area contributed by atoms with Crippen molar-refractivity contribution in [2.75, 3.05) is 5.32 Å². The third-order valence-electron chi connectivity index (χ3n) is 2.64. The van der Waals surface area contributed by atoms with Crippen LogP contribution >= 0.6 is 15.9 Å². The standard InChI is InChI=1S/C15H11BrN2O3/c16-12-4-1-11(2-5-12)3-10-15(19)17-13-6-8-14(9-7-13)18(20)21/h1-10H,(H,17,19). The van der Waals surface area contributed by atoms with Crippen LogP contribution in [0.4, 0.5) is 11.4 Å². The van der Waals surface area contributed by atoms with Gasteiger partial charge in [-0.2, -0.15) is 0 Å². The number of nitro benzene ring substituents is 1. The topological polar surface area (TPSA) is 72.2 Å². The van der Waals surface area contributed by atoms with Gasteiger partial charge in [0.05, 0.1) is 4.92 Å². The highest BCUT2D eigenvalue weighted by molar-refractivity contribution is 9.10. The highest BCUT2D eigenvalue weighted by atomic mass is 79.9. The van der Waals surface area contributed by atoms with E-state index in [1.165, 1.54) is 30.3 Å². The smallest absolute Gasteiger partial charge is 0.269 e. The van der Waals surface area contributed by atoms with Gasteiger partial charge in [0, 0.05) is 28.4 Å². The van der Waals surface area contributed by atoms with Crippen LogP contribution in [0.5, 0.6) is 0 Å². The molecule has 0 aliphatic heterocycles. The summed E-state index contributed by atoms with van der Waals surface area (Å²) in [5, 5.41) is 13.2. The predicted octanol–water partition coefficient (Wildman–Crippen LogP) is 4.01. The van der Waals surface area contributed by atoms with E-state index in [4.69, 9.17) is 0 Å². The van der Waals surface area contributed by atoms with Crippen LogP contribution < -0.4 is 5.32 Å². The summed E-state index contributed by atoms with van der Waals surface area (Å²) in [6.45, 7) is 0. The quantitative estimate of drug-likeness (QED) is 0.516. The molecule has 0 saturated carbocycles. The number of halogens is 1. The molecule has 0 atom stereocenters. The predicted molar refractivity (Wildman–Crippen MR) is 84.9 cm³/mol. The minimum absolute atomic E-state index is 0.0154. The van der Waals surface area contributed by atoms with Gasteiger partial charge in [-0.3, -0.25) is 14.9 Å². The number of carbonyl (C=O) groups excluding carboxylic acids is 1. The third-order valence-corrected chi connectivity index (χ3v) is 3.17. The summed E-state index contributed by atoms with van der Waals surface area (Å²) in [7, 11) is 0. The molecule has 0 aromatic heterocycles. The summed E-state index contributed by atoms with van der Waals surface area (Å²) in [5.74, 6) is -0.299. The van der Waals surface area contributed by atoms with Gasteiger partial charge < -0.3 is 5.32 Å². The van der Waals surface area contributed by atoms with Crippen LogP contribution in [0, 0.1) is 10.1 Å². The van der Waals surface area contributed by atoms with Crippen molar-refractivity contribution in [3.8, 4) is 0 Å². The Labute approximate surface area is 129 Å². The van der Waals surface area contributed by atoms with Gasteiger partial charge in [0.15, 0.2) is 0 Å². The molecule has 106 valence electrons. The highest BCUT2D eigenvalue weighted by Crippen LogP contribution is 2.15. The summed E-state index contributed by atoms with van der Waals surface area (Å²) in [5.41, 5.74) is 1.39. The molecule has 0 unspecified atom stereocenters. The first-order valence-electron chi connectivity index (χ1n) is 6.04. The summed E-state index contributed by atoms with van der Waals surface area (Å²) < 4.78 is 0.968. The number of nitrogens with zero attached hydrogens (tertiary/aromatic N) is 1. The molecule has 0 spiro atoms. The van der Waals surface area contributed by atoms with Gasteiger partial charge in [-0.15, -0.1) is 0 Å². The molecule has 6 heteroatoms. The molecule has 0 heterocycles. The van der Waals surface area contributed by atoms with E-state index in [1.54, 1.807) is 6.08 Å². The second-order valence-corrected chi connectivity index (χ2v) is 5.09. The zero-order valence-electron chi connectivity index (χ0n) is 10.8. The van der Waals surface area contributed by atoms with Gasteiger partial charge in [-0.25, -0.2) is 0 Å². The van der Waals surface area contributed by atoms with E-state index >= 15 is 0 Å².